The first-order valence-corrected chi connectivity index (χ1v) is 10.2. The third kappa shape index (κ3) is 5.42. The molecule has 0 bridgehead atoms. The van der Waals surface area contributed by atoms with E-state index < -0.39 is 0 Å². The van der Waals surface area contributed by atoms with Crippen LogP contribution in [0, 0.1) is 0 Å². The van der Waals surface area contributed by atoms with Gasteiger partial charge in [0.05, 0.1) is 0 Å². The van der Waals surface area contributed by atoms with E-state index in [1.807, 2.05) is 72.1 Å². The number of ether oxygens (including phenoxy) is 2. The van der Waals surface area contributed by atoms with Gasteiger partial charge in [-0.1, -0.05) is 47.0 Å². The smallest absolute Gasteiger partial charge is 0.262 e. The normalized spacial score (nSPS) is 10.4. The zero-order valence-electron chi connectivity index (χ0n) is 16.0. The molecule has 0 aliphatic carbocycles. The van der Waals surface area contributed by atoms with Crippen molar-refractivity contribution in [2.45, 2.75) is 6.61 Å². The first kappa shape index (κ1) is 19.6. The summed E-state index contributed by atoms with van der Waals surface area (Å²) in [7, 11) is 0. The maximum atomic E-state index is 12.1. The second-order valence-corrected chi connectivity index (χ2v) is 7.06. The van der Waals surface area contributed by atoms with E-state index in [1.54, 1.807) is 12.1 Å². The zero-order chi connectivity index (χ0) is 20.6. The van der Waals surface area contributed by atoms with Gasteiger partial charge in [-0.15, -0.1) is 5.10 Å². The standard InChI is InChI=1S/C23H19N3O3S/c27-23(24-19-8-6-18(7-9-19)22-16-30-26-25-22)15-29-21-12-10-20(11-13-21)28-14-17-4-2-1-3-5-17/h1-13,16H,14-15H2,(H,24,27). The van der Waals surface area contributed by atoms with Gasteiger partial charge in [-0.3, -0.25) is 4.79 Å². The summed E-state index contributed by atoms with van der Waals surface area (Å²) in [5, 5.41) is 8.71. The number of anilines is 1. The third-order valence-electron chi connectivity index (χ3n) is 4.27. The lowest BCUT2D eigenvalue weighted by Gasteiger charge is -2.09. The minimum absolute atomic E-state index is 0.0814. The van der Waals surface area contributed by atoms with Crippen molar-refractivity contribution in [2.75, 3.05) is 11.9 Å². The van der Waals surface area contributed by atoms with E-state index in [1.165, 1.54) is 11.5 Å². The first-order chi connectivity index (χ1) is 14.8. The fourth-order valence-electron chi connectivity index (χ4n) is 2.73. The number of aromatic nitrogens is 2. The highest BCUT2D eigenvalue weighted by atomic mass is 32.1. The van der Waals surface area contributed by atoms with Crippen LogP contribution in [0.1, 0.15) is 5.56 Å². The highest BCUT2D eigenvalue weighted by molar-refractivity contribution is 7.03. The monoisotopic (exact) mass is 417 g/mol. The van der Waals surface area contributed by atoms with Crippen LogP contribution in [-0.4, -0.2) is 22.1 Å². The largest absolute Gasteiger partial charge is 0.489 e. The SMILES string of the molecule is O=C(COc1ccc(OCc2ccccc2)cc1)Nc1ccc(-c2csnn2)cc1. The number of hydrogen-bond donors (Lipinski definition) is 1. The van der Waals surface area contributed by atoms with Gasteiger partial charge in [-0.2, -0.15) is 0 Å². The number of benzene rings is 3. The van der Waals surface area contributed by atoms with Crippen molar-refractivity contribution < 1.29 is 14.3 Å². The predicted molar refractivity (Wildman–Crippen MR) is 117 cm³/mol. The fraction of sp³-hybridized carbons (Fsp3) is 0.0870. The lowest BCUT2D eigenvalue weighted by atomic mass is 10.1. The maximum absolute atomic E-state index is 12.1. The van der Waals surface area contributed by atoms with E-state index in [2.05, 4.69) is 14.9 Å². The Bertz CT molecular complexity index is 1070. The van der Waals surface area contributed by atoms with Crippen LogP contribution in [0.3, 0.4) is 0 Å². The van der Waals surface area contributed by atoms with E-state index in [9.17, 15) is 4.79 Å². The third-order valence-corrected chi connectivity index (χ3v) is 4.77. The molecule has 4 aromatic rings. The van der Waals surface area contributed by atoms with Crippen molar-refractivity contribution in [2.24, 2.45) is 0 Å². The Morgan fingerprint density at radius 3 is 2.23 bits per heavy atom. The molecule has 6 nitrogen and oxygen atoms in total. The minimum Gasteiger partial charge on any atom is -0.489 e. The van der Waals surface area contributed by atoms with Crippen molar-refractivity contribution in [3.63, 3.8) is 0 Å². The van der Waals surface area contributed by atoms with Gasteiger partial charge in [0, 0.05) is 16.6 Å². The van der Waals surface area contributed by atoms with Crippen LogP contribution in [0.15, 0.2) is 84.2 Å². The summed E-state index contributed by atoms with van der Waals surface area (Å²) in [6, 6.07) is 24.6. The summed E-state index contributed by atoms with van der Waals surface area (Å²) < 4.78 is 15.2. The molecule has 4 rings (SSSR count). The Hall–Kier alpha value is -3.71. The highest BCUT2D eigenvalue weighted by Gasteiger charge is 2.06. The lowest BCUT2D eigenvalue weighted by molar-refractivity contribution is -0.118. The van der Waals surface area contributed by atoms with Crippen molar-refractivity contribution >= 4 is 23.1 Å². The van der Waals surface area contributed by atoms with Gasteiger partial charge >= 0.3 is 0 Å². The molecule has 0 radical (unpaired) electrons. The predicted octanol–water partition coefficient (Wildman–Crippen LogP) is 4.80. The number of nitrogens with one attached hydrogen (secondary N) is 1. The van der Waals surface area contributed by atoms with Crippen LogP contribution in [0.2, 0.25) is 0 Å². The summed E-state index contributed by atoms with van der Waals surface area (Å²) in [5.74, 6) is 1.11. The van der Waals surface area contributed by atoms with Crippen LogP contribution in [0.4, 0.5) is 5.69 Å². The lowest BCUT2D eigenvalue weighted by Crippen LogP contribution is -2.20. The quantitative estimate of drug-likeness (QED) is 0.446. The van der Waals surface area contributed by atoms with E-state index in [4.69, 9.17) is 9.47 Å². The number of carbonyl (C=O) groups is 1. The number of amides is 1. The molecule has 1 aromatic heterocycles. The summed E-state index contributed by atoms with van der Waals surface area (Å²) >= 11 is 1.30. The van der Waals surface area contributed by atoms with Gasteiger partial charge in [-0.25, -0.2) is 0 Å². The fourth-order valence-corrected chi connectivity index (χ4v) is 3.20. The molecule has 1 heterocycles. The topological polar surface area (TPSA) is 73.3 Å². The van der Waals surface area contributed by atoms with Crippen LogP contribution in [0.25, 0.3) is 11.3 Å². The van der Waals surface area contributed by atoms with E-state index in [-0.39, 0.29) is 12.5 Å². The van der Waals surface area contributed by atoms with Crippen molar-refractivity contribution in [3.05, 3.63) is 89.8 Å². The summed E-state index contributed by atoms with van der Waals surface area (Å²) in [6.07, 6.45) is 0. The van der Waals surface area contributed by atoms with Gasteiger partial charge < -0.3 is 14.8 Å². The molecule has 0 atom stereocenters. The molecule has 0 unspecified atom stereocenters. The molecule has 1 amide bonds. The Kier molecular flexibility index (Phi) is 6.31. The van der Waals surface area contributed by atoms with Crippen LogP contribution in [-0.2, 0) is 11.4 Å². The second-order valence-electron chi connectivity index (χ2n) is 6.45. The number of hydrogen-bond acceptors (Lipinski definition) is 6. The molecular weight excluding hydrogens is 398 g/mol. The zero-order valence-corrected chi connectivity index (χ0v) is 16.8. The Morgan fingerprint density at radius 2 is 1.57 bits per heavy atom. The molecule has 0 saturated heterocycles. The molecular formula is C23H19N3O3S. The number of rotatable bonds is 8. The van der Waals surface area contributed by atoms with Crippen LogP contribution >= 0.6 is 11.5 Å². The van der Waals surface area contributed by atoms with Crippen molar-refractivity contribution in [1.29, 1.82) is 0 Å². The van der Waals surface area contributed by atoms with Crippen LogP contribution in [0.5, 0.6) is 11.5 Å². The van der Waals surface area contributed by atoms with Crippen molar-refractivity contribution in [1.82, 2.24) is 9.59 Å². The average molecular weight is 417 g/mol. The molecule has 30 heavy (non-hydrogen) atoms. The molecule has 1 N–H and O–H groups in total. The number of nitrogens with zero attached hydrogens (tertiary/aromatic N) is 2. The summed E-state index contributed by atoms with van der Waals surface area (Å²) in [5.41, 5.74) is 3.57. The van der Waals surface area contributed by atoms with Gasteiger partial charge in [0.25, 0.3) is 5.91 Å². The van der Waals surface area contributed by atoms with Gasteiger partial charge in [0.2, 0.25) is 0 Å². The summed E-state index contributed by atoms with van der Waals surface area (Å²) in [6.45, 7) is 0.420. The van der Waals surface area contributed by atoms with Gasteiger partial charge in [0.1, 0.15) is 23.8 Å². The molecule has 0 fully saturated rings. The molecule has 0 spiro atoms. The maximum Gasteiger partial charge on any atom is 0.262 e. The highest BCUT2D eigenvalue weighted by Crippen LogP contribution is 2.21. The Labute approximate surface area is 178 Å². The Balaban J connectivity index is 1.23. The van der Waals surface area contributed by atoms with Crippen LogP contribution < -0.4 is 14.8 Å². The molecule has 3 aromatic carbocycles. The molecule has 0 saturated carbocycles. The molecule has 0 aliphatic rings. The first-order valence-electron chi connectivity index (χ1n) is 9.33. The van der Waals surface area contributed by atoms with E-state index in [0.29, 0.717) is 18.0 Å². The second kappa shape index (κ2) is 9.67. The number of carbonyl (C=O) groups excluding carboxylic acids is 1. The molecule has 7 heteroatoms. The van der Waals surface area contributed by atoms with Gasteiger partial charge in [0.15, 0.2) is 6.61 Å². The minimum atomic E-state index is -0.234. The van der Waals surface area contributed by atoms with E-state index in [0.717, 1.165) is 22.6 Å². The Morgan fingerprint density at radius 1 is 0.867 bits per heavy atom. The average Bonchev–Trinajstić information content (AvgIpc) is 3.33. The van der Waals surface area contributed by atoms with E-state index >= 15 is 0 Å². The molecule has 150 valence electrons. The summed E-state index contributed by atoms with van der Waals surface area (Å²) in [4.78, 5) is 12.1. The molecule has 0 aliphatic heterocycles. The van der Waals surface area contributed by atoms with Gasteiger partial charge in [-0.05, 0) is 53.5 Å². The van der Waals surface area contributed by atoms with Crippen molar-refractivity contribution in [3.8, 4) is 22.8 Å².